The lowest BCUT2D eigenvalue weighted by molar-refractivity contribution is 0.0992. The zero-order chi connectivity index (χ0) is 13.0. The van der Waals surface area contributed by atoms with Crippen LogP contribution in [-0.4, -0.2) is 17.9 Å². The third-order valence-corrected chi connectivity index (χ3v) is 3.05. The van der Waals surface area contributed by atoms with Crippen molar-refractivity contribution in [3.63, 3.8) is 0 Å². The molecule has 1 heterocycles. The van der Waals surface area contributed by atoms with E-state index in [0.29, 0.717) is 17.1 Å². The van der Waals surface area contributed by atoms with Gasteiger partial charge in [-0.15, -0.1) is 0 Å². The summed E-state index contributed by atoms with van der Waals surface area (Å²) in [6, 6.07) is 12.9. The van der Waals surface area contributed by atoms with Crippen LogP contribution in [0.2, 0.25) is 0 Å². The highest BCUT2D eigenvalue weighted by Gasteiger charge is 2.13. The lowest BCUT2D eigenvalue weighted by atomic mass is 10.1. The van der Waals surface area contributed by atoms with Gasteiger partial charge in [0, 0.05) is 24.6 Å². The number of rotatable bonds is 3. The predicted octanol–water partition coefficient (Wildman–Crippen LogP) is 2.79. The Bertz CT molecular complexity index is 525. The quantitative estimate of drug-likeness (QED) is 0.859. The van der Waals surface area contributed by atoms with Gasteiger partial charge in [0.05, 0.1) is 0 Å². The van der Waals surface area contributed by atoms with Crippen molar-refractivity contribution in [2.75, 3.05) is 11.9 Å². The molecule has 18 heavy (non-hydrogen) atoms. The van der Waals surface area contributed by atoms with E-state index in [9.17, 15) is 4.79 Å². The number of carbonyl (C=O) groups is 1. The monoisotopic (exact) mass is 258 g/mol. The summed E-state index contributed by atoms with van der Waals surface area (Å²) >= 11 is 4.19. The van der Waals surface area contributed by atoms with Crippen LogP contribution in [0.3, 0.4) is 0 Å². The number of thiol groups is 1. The number of benzene rings is 1. The zero-order valence-corrected chi connectivity index (χ0v) is 11.0. The summed E-state index contributed by atoms with van der Waals surface area (Å²) in [7, 11) is 1.72. The third kappa shape index (κ3) is 2.71. The molecule has 0 spiro atoms. The highest BCUT2D eigenvalue weighted by atomic mass is 32.1. The number of hydrogen-bond acceptors (Lipinski definition) is 3. The number of hydrogen-bond donors (Lipinski definition) is 1. The maximum absolute atomic E-state index is 12.2. The van der Waals surface area contributed by atoms with Crippen LogP contribution < -0.4 is 4.90 Å². The summed E-state index contributed by atoms with van der Waals surface area (Å²) in [5.74, 6) is 1.24. The van der Waals surface area contributed by atoms with Gasteiger partial charge in [0.1, 0.15) is 5.82 Å². The molecule has 2 rings (SSSR count). The van der Waals surface area contributed by atoms with Crippen LogP contribution >= 0.6 is 12.6 Å². The van der Waals surface area contributed by atoms with Crippen molar-refractivity contribution in [1.29, 1.82) is 0 Å². The lowest BCUT2D eigenvalue weighted by Crippen LogP contribution is -2.26. The molecule has 0 bridgehead atoms. The van der Waals surface area contributed by atoms with Gasteiger partial charge in [-0.05, 0) is 29.8 Å². The van der Waals surface area contributed by atoms with Gasteiger partial charge in [-0.3, -0.25) is 9.69 Å². The van der Waals surface area contributed by atoms with Gasteiger partial charge in [-0.1, -0.05) is 18.2 Å². The average Bonchev–Trinajstić information content (AvgIpc) is 2.47. The Labute approximate surface area is 112 Å². The number of pyridine rings is 1. The third-order valence-electron chi connectivity index (χ3n) is 2.68. The summed E-state index contributed by atoms with van der Waals surface area (Å²) in [5.41, 5.74) is 1.74. The summed E-state index contributed by atoms with van der Waals surface area (Å²) in [4.78, 5) is 17.9. The fourth-order valence-electron chi connectivity index (χ4n) is 1.60. The van der Waals surface area contributed by atoms with Crippen molar-refractivity contribution in [2.24, 2.45) is 0 Å². The first-order chi connectivity index (χ1) is 8.72. The number of amides is 1. The second-order valence-electron chi connectivity index (χ2n) is 3.91. The molecular weight excluding hydrogens is 244 g/mol. The Morgan fingerprint density at radius 1 is 1.22 bits per heavy atom. The molecule has 1 aromatic carbocycles. The first-order valence-corrected chi connectivity index (χ1v) is 6.24. The normalized spacial score (nSPS) is 10.1. The average molecular weight is 258 g/mol. The number of nitrogens with zero attached hydrogens (tertiary/aromatic N) is 2. The smallest absolute Gasteiger partial charge is 0.259 e. The van der Waals surface area contributed by atoms with Crippen molar-refractivity contribution in [3.8, 4) is 0 Å². The first kappa shape index (κ1) is 12.6. The molecule has 0 saturated carbocycles. The van der Waals surface area contributed by atoms with Crippen LogP contribution in [-0.2, 0) is 5.75 Å². The number of carbonyl (C=O) groups excluding carboxylic acids is 1. The fourth-order valence-corrected chi connectivity index (χ4v) is 1.81. The van der Waals surface area contributed by atoms with Crippen LogP contribution in [0.4, 0.5) is 5.82 Å². The van der Waals surface area contributed by atoms with E-state index in [1.165, 1.54) is 4.90 Å². The zero-order valence-electron chi connectivity index (χ0n) is 10.1. The highest BCUT2D eigenvalue weighted by Crippen LogP contribution is 2.13. The maximum atomic E-state index is 12.2. The molecule has 0 radical (unpaired) electrons. The SMILES string of the molecule is CN(C(=O)c1ccc(CS)cc1)c1ccccn1. The van der Waals surface area contributed by atoms with Crippen LogP contribution in [0.25, 0.3) is 0 Å². The fraction of sp³-hybridized carbons (Fsp3) is 0.143. The van der Waals surface area contributed by atoms with Crippen molar-refractivity contribution in [1.82, 2.24) is 4.98 Å². The van der Waals surface area contributed by atoms with Crippen molar-refractivity contribution < 1.29 is 4.79 Å². The van der Waals surface area contributed by atoms with Gasteiger partial charge in [0.25, 0.3) is 5.91 Å². The second-order valence-corrected chi connectivity index (χ2v) is 4.22. The van der Waals surface area contributed by atoms with E-state index in [1.54, 1.807) is 19.3 Å². The van der Waals surface area contributed by atoms with E-state index < -0.39 is 0 Å². The predicted molar refractivity (Wildman–Crippen MR) is 76.1 cm³/mol. The van der Waals surface area contributed by atoms with E-state index in [2.05, 4.69) is 17.6 Å². The van der Waals surface area contributed by atoms with E-state index in [0.717, 1.165) is 5.56 Å². The van der Waals surface area contributed by atoms with E-state index in [4.69, 9.17) is 0 Å². The largest absolute Gasteiger partial charge is 0.296 e. The number of anilines is 1. The van der Waals surface area contributed by atoms with Gasteiger partial charge in [-0.25, -0.2) is 4.98 Å². The molecule has 0 atom stereocenters. The minimum atomic E-state index is -0.0700. The molecule has 3 nitrogen and oxygen atoms in total. The Kier molecular flexibility index (Phi) is 3.99. The Morgan fingerprint density at radius 3 is 2.50 bits per heavy atom. The summed E-state index contributed by atoms with van der Waals surface area (Å²) in [6.45, 7) is 0. The Hall–Kier alpha value is -1.81. The molecule has 2 aromatic rings. The summed E-state index contributed by atoms with van der Waals surface area (Å²) in [5, 5.41) is 0. The molecule has 0 unspecified atom stereocenters. The minimum Gasteiger partial charge on any atom is -0.296 e. The van der Waals surface area contributed by atoms with Gasteiger partial charge < -0.3 is 0 Å². The molecular formula is C14H14N2OS. The van der Waals surface area contributed by atoms with Gasteiger partial charge in [-0.2, -0.15) is 12.6 Å². The molecule has 1 amide bonds. The van der Waals surface area contributed by atoms with Gasteiger partial charge >= 0.3 is 0 Å². The second kappa shape index (κ2) is 5.69. The first-order valence-electron chi connectivity index (χ1n) is 5.61. The minimum absolute atomic E-state index is 0.0700. The standard InChI is InChI=1S/C14H14N2OS/c1-16(13-4-2-3-9-15-13)14(17)12-7-5-11(10-18)6-8-12/h2-9,18H,10H2,1H3. The van der Waals surface area contributed by atoms with Crippen LogP contribution in [0.15, 0.2) is 48.7 Å². The molecule has 0 N–H and O–H groups in total. The van der Waals surface area contributed by atoms with E-state index in [-0.39, 0.29) is 5.91 Å². The summed E-state index contributed by atoms with van der Waals surface area (Å²) < 4.78 is 0. The molecule has 4 heteroatoms. The van der Waals surface area contributed by atoms with Crippen molar-refractivity contribution in [2.45, 2.75) is 5.75 Å². The Morgan fingerprint density at radius 2 is 1.94 bits per heavy atom. The molecule has 92 valence electrons. The number of aromatic nitrogens is 1. The van der Waals surface area contributed by atoms with Crippen molar-refractivity contribution in [3.05, 3.63) is 59.8 Å². The molecule has 1 aromatic heterocycles. The molecule has 0 aliphatic heterocycles. The lowest BCUT2D eigenvalue weighted by Gasteiger charge is -2.16. The molecule has 0 saturated heterocycles. The topological polar surface area (TPSA) is 33.2 Å². The maximum Gasteiger partial charge on any atom is 0.259 e. The molecule has 0 fully saturated rings. The van der Waals surface area contributed by atoms with Gasteiger partial charge in [0.15, 0.2) is 0 Å². The van der Waals surface area contributed by atoms with E-state index >= 15 is 0 Å². The van der Waals surface area contributed by atoms with Crippen LogP contribution in [0.5, 0.6) is 0 Å². The molecule has 0 aliphatic rings. The van der Waals surface area contributed by atoms with Crippen molar-refractivity contribution >= 4 is 24.4 Å². The van der Waals surface area contributed by atoms with E-state index in [1.807, 2.05) is 36.4 Å². The van der Waals surface area contributed by atoms with Crippen LogP contribution in [0.1, 0.15) is 15.9 Å². The van der Waals surface area contributed by atoms with Gasteiger partial charge in [0.2, 0.25) is 0 Å². The Balaban J connectivity index is 2.20. The molecule has 0 aliphatic carbocycles. The highest BCUT2D eigenvalue weighted by molar-refractivity contribution is 7.79. The summed E-state index contributed by atoms with van der Waals surface area (Å²) in [6.07, 6.45) is 1.67. The van der Waals surface area contributed by atoms with Crippen LogP contribution in [0, 0.1) is 0 Å².